The lowest BCUT2D eigenvalue weighted by Gasteiger charge is -2.36. The van der Waals surface area contributed by atoms with Gasteiger partial charge in [0.15, 0.2) is 0 Å². The molecular formula is C16H26BrNS. The fourth-order valence-corrected chi connectivity index (χ4v) is 5.17. The smallest absolute Gasteiger partial charge is 0.0317 e. The highest BCUT2D eigenvalue weighted by atomic mass is 79.9. The van der Waals surface area contributed by atoms with E-state index in [1.165, 1.54) is 43.1 Å². The molecule has 1 saturated carbocycles. The van der Waals surface area contributed by atoms with Gasteiger partial charge in [0, 0.05) is 9.35 Å². The normalized spacial score (nSPS) is 27.6. The average Bonchev–Trinajstić information content (AvgIpc) is 2.85. The Labute approximate surface area is 130 Å². The molecule has 1 nitrogen and oxygen atoms in total. The Kier molecular flexibility index (Phi) is 6.37. The van der Waals surface area contributed by atoms with Crippen molar-refractivity contribution >= 4 is 27.3 Å². The van der Waals surface area contributed by atoms with E-state index in [9.17, 15) is 0 Å². The van der Waals surface area contributed by atoms with Crippen molar-refractivity contribution < 1.29 is 0 Å². The first-order valence-corrected chi connectivity index (χ1v) is 9.37. The van der Waals surface area contributed by atoms with Crippen molar-refractivity contribution in [3.63, 3.8) is 0 Å². The molecule has 0 radical (unpaired) electrons. The largest absolute Gasteiger partial charge is 0.316 e. The molecule has 3 atom stereocenters. The molecule has 1 aromatic rings. The molecule has 3 heteroatoms. The van der Waals surface area contributed by atoms with Crippen LogP contribution in [0.4, 0.5) is 0 Å². The Balaban J connectivity index is 2.05. The van der Waals surface area contributed by atoms with Gasteiger partial charge in [-0.2, -0.15) is 0 Å². The number of thiophene rings is 1. The third-order valence-corrected chi connectivity index (χ3v) is 6.50. The number of hydrogen-bond acceptors (Lipinski definition) is 2. The van der Waals surface area contributed by atoms with Crippen molar-refractivity contribution in [1.29, 1.82) is 0 Å². The monoisotopic (exact) mass is 343 g/mol. The highest BCUT2D eigenvalue weighted by molar-refractivity contribution is 9.10. The van der Waals surface area contributed by atoms with Crippen molar-refractivity contribution in [3.8, 4) is 0 Å². The highest BCUT2D eigenvalue weighted by Gasteiger charge is 2.32. The van der Waals surface area contributed by atoms with Gasteiger partial charge in [0.1, 0.15) is 0 Å². The maximum atomic E-state index is 3.74. The van der Waals surface area contributed by atoms with E-state index in [1.54, 1.807) is 4.88 Å². The summed E-state index contributed by atoms with van der Waals surface area (Å²) >= 11 is 5.68. The number of halogens is 1. The van der Waals surface area contributed by atoms with Crippen molar-refractivity contribution in [2.75, 3.05) is 13.1 Å². The molecule has 1 N–H and O–H groups in total. The van der Waals surface area contributed by atoms with Gasteiger partial charge >= 0.3 is 0 Å². The Hall–Kier alpha value is 0.140. The van der Waals surface area contributed by atoms with Gasteiger partial charge in [-0.1, -0.05) is 26.7 Å². The van der Waals surface area contributed by atoms with Crippen molar-refractivity contribution in [3.05, 3.63) is 20.8 Å². The quantitative estimate of drug-likeness (QED) is 0.680. The number of rotatable bonds is 6. The zero-order chi connectivity index (χ0) is 13.7. The van der Waals surface area contributed by atoms with E-state index in [-0.39, 0.29) is 0 Å². The van der Waals surface area contributed by atoms with Gasteiger partial charge in [-0.15, -0.1) is 11.3 Å². The maximum Gasteiger partial charge on any atom is 0.0317 e. The lowest BCUT2D eigenvalue weighted by Crippen LogP contribution is -2.32. The summed E-state index contributed by atoms with van der Waals surface area (Å²) in [6.45, 7) is 6.94. The van der Waals surface area contributed by atoms with Gasteiger partial charge < -0.3 is 5.32 Å². The predicted molar refractivity (Wildman–Crippen MR) is 89.0 cm³/mol. The van der Waals surface area contributed by atoms with Crippen LogP contribution in [0, 0.1) is 11.8 Å². The summed E-state index contributed by atoms with van der Waals surface area (Å²) in [7, 11) is 0. The van der Waals surface area contributed by atoms with Crippen LogP contribution in [0.15, 0.2) is 15.9 Å². The van der Waals surface area contributed by atoms with Gasteiger partial charge in [-0.25, -0.2) is 0 Å². The summed E-state index contributed by atoms with van der Waals surface area (Å²) in [5.41, 5.74) is 0. The molecule has 0 amide bonds. The molecule has 1 heterocycles. The second-order valence-corrected chi connectivity index (χ2v) is 7.59. The molecule has 1 aromatic heterocycles. The molecule has 1 fully saturated rings. The molecule has 19 heavy (non-hydrogen) atoms. The first kappa shape index (κ1) is 15.5. The minimum absolute atomic E-state index is 0.762. The number of hydrogen-bond donors (Lipinski definition) is 1. The standard InChI is InChI=1S/C16H26BrNS/c1-3-8-18-11-13-6-5-12(4-2)10-14(13)16-15(17)7-9-19-16/h7,9,12-14,18H,3-6,8,10-11H2,1-2H3. The van der Waals surface area contributed by atoms with Crippen molar-refractivity contribution in [2.45, 2.75) is 51.9 Å². The molecule has 1 aliphatic rings. The number of nitrogens with one attached hydrogen (secondary N) is 1. The first-order valence-electron chi connectivity index (χ1n) is 7.69. The highest BCUT2D eigenvalue weighted by Crippen LogP contribution is 2.45. The molecular weight excluding hydrogens is 318 g/mol. The zero-order valence-electron chi connectivity index (χ0n) is 12.1. The minimum Gasteiger partial charge on any atom is -0.316 e. The molecule has 0 bridgehead atoms. The van der Waals surface area contributed by atoms with E-state index < -0.39 is 0 Å². The summed E-state index contributed by atoms with van der Waals surface area (Å²) in [6.07, 6.45) is 6.78. The Bertz CT molecular complexity index is 375. The maximum absolute atomic E-state index is 3.74. The first-order chi connectivity index (χ1) is 9.26. The molecule has 2 rings (SSSR count). The van der Waals surface area contributed by atoms with Gasteiger partial charge in [0.25, 0.3) is 0 Å². The van der Waals surface area contributed by atoms with E-state index in [0.717, 1.165) is 24.3 Å². The molecule has 1 aliphatic carbocycles. The Morgan fingerprint density at radius 2 is 2.21 bits per heavy atom. The topological polar surface area (TPSA) is 12.0 Å². The lowest BCUT2D eigenvalue weighted by atomic mass is 9.72. The van der Waals surface area contributed by atoms with Crippen molar-refractivity contribution in [2.24, 2.45) is 11.8 Å². The SMILES string of the molecule is CCCNCC1CCC(CC)CC1c1sccc1Br. The molecule has 0 saturated heterocycles. The average molecular weight is 344 g/mol. The Morgan fingerprint density at radius 3 is 2.84 bits per heavy atom. The second-order valence-electron chi connectivity index (χ2n) is 5.79. The van der Waals surface area contributed by atoms with E-state index in [0.29, 0.717) is 0 Å². The summed E-state index contributed by atoms with van der Waals surface area (Å²) in [5.74, 6) is 2.52. The molecule has 0 spiro atoms. The lowest BCUT2D eigenvalue weighted by molar-refractivity contribution is 0.228. The van der Waals surface area contributed by atoms with E-state index in [1.807, 2.05) is 11.3 Å². The van der Waals surface area contributed by atoms with Crippen LogP contribution in [0.25, 0.3) is 0 Å². The fraction of sp³-hybridized carbons (Fsp3) is 0.750. The summed E-state index contributed by atoms with van der Waals surface area (Å²) in [4.78, 5) is 1.58. The van der Waals surface area contributed by atoms with Crippen LogP contribution >= 0.6 is 27.3 Å². The molecule has 108 valence electrons. The van der Waals surface area contributed by atoms with Crippen LogP contribution in [0.2, 0.25) is 0 Å². The van der Waals surface area contributed by atoms with Crippen molar-refractivity contribution in [1.82, 2.24) is 5.32 Å². The molecule has 3 unspecified atom stereocenters. The van der Waals surface area contributed by atoms with Crippen LogP contribution in [-0.4, -0.2) is 13.1 Å². The van der Waals surface area contributed by atoms with Gasteiger partial charge in [-0.3, -0.25) is 0 Å². The van der Waals surface area contributed by atoms with Gasteiger partial charge in [-0.05, 0) is 77.5 Å². The summed E-state index contributed by atoms with van der Waals surface area (Å²) < 4.78 is 1.33. The summed E-state index contributed by atoms with van der Waals surface area (Å²) in [6, 6.07) is 2.21. The van der Waals surface area contributed by atoms with Crippen LogP contribution in [0.1, 0.15) is 56.7 Å². The van der Waals surface area contributed by atoms with Gasteiger partial charge in [0.05, 0.1) is 0 Å². The summed E-state index contributed by atoms with van der Waals surface area (Å²) in [5, 5.41) is 5.87. The third kappa shape index (κ3) is 4.05. The van der Waals surface area contributed by atoms with E-state index in [4.69, 9.17) is 0 Å². The predicted octanol–water partition coefficient (Wildman–Crippen LogP) is 5.42. The minimum atomic E-state index is 0.762. The third-order valence-electron chi connectivity index (χ3n) is 4.49. The fourth-order valence-electron chi connectivity index (χ4n) is 3.29. The zero-order valence-corrected chi connectivity index (χ0v) is 14.5. The molecule has 0 aromatic carbocycles. The Morgan fingerprint density at radius 1 is 1.37 bits per heavy atom. The van der Waals surface area contributed by atoms with Crippen LogP contribution in [-0.2, 0) is 0 Å². The van der Waals surface area contributed by atoms with E-state index in [2.05, 4.69) is 46.5 Å². The second kappa shape index (κ2) is 7.80. The van der Waals surface area contributed by atoms with Crippen LogP contribution < -0.4 is 5.32 Å². The molecule has 0 aliphatic heterocycles. The van der Waals surface area contributed by atoms with Gasteiger partial charge in [0.2, 0.25) is 0 Å². The van der Waals surface area contributed by atoms with E-state index >= 15 is 0 Å². The van der Waals surface area contributed by atoms with Crippen LogP contribution in [0.3, 0.4) is 0 Å². The van der Waals surface area contributed by atoms with Crippen LogP contribution in [0.5, 0.6) is 0 Å².